The van der Waals surface area contributed by atoms with Crippen molar-refractivity contribution in [1.82, 2.24) is 14.9 Å². The fourth-order valence-electron chi connectivity index (χ4n) is 4.40. The first-order valence-corrected chi connectivity index (χ1v) is 9.77. The van der Waals surface area contributed by atoms with Gasteiger partial charge in [-0.2, -0.15) is 0 Å². The second-order valence-electron chi connectivity index (χ2n) is 7.66. The van der Waals surface area contributed by atoms with E-state index in [0.29, 0.717) is 31.3 Å². The van der Waals surface area contributed by atoms with E-state index < -0.39 is 0 Å². The highest BCUT2D eigenvalue weighted by atomic mass is 16.5. The van der Waals surface area contributed by atoms with Gasteiger partial charge in [-0.05, 0) is 43.0 Å². The fraction of sp³-hybridized carbons (Fsp3) is 0.364. The summed E-state index contributed by atoms with van der Waals surface area (Å²) in [5.41, 5.74) is 1.43. The van der Waals surface area contributed by atoms with Crippen molar-refractivity contribution in [2.45, 2.75) is 18.4 Å². The predicted molar refractivity (Wildman–Crippen MR) is 105 cm³/mol. The van der Waals surface area contributed by atoms with Crippen LogP contribution in [-0.4, -0.2) is 52.7 Å². The standard InChI is InChI=1S/C22H23N3O3/c26-21(20-12-16-4-1-2-6-19(16)24-20)25-14-22(15-25)17(8-11-28-22)7-10-27-18-5-3-9-23-13-18/h1-6,9,12-13,17,24H,7-8,10-11,14-15H2/t17-/m0/s1. The number of nitrogens with zero attached hydrogens (tertiary/aromatic N) is 2. The van der Waals surface area contributed by atoms with Crippen LogP contribution in [0, 0.1) is 5.92 Å². The molecule has 1 amide bonds. The molecule has 0 radical (unpaired) electrons. The summed E-state index contributed by atoms with van der Waals surface area (Å²) in [7, 11) is 0. The van der Waals surface area contributed by atoms with Gasteiger partial charge in [-0.3, -0.25) is 9.78 Å². The molecular formula is C22H23N3O3. The van der Waals surface area contributed by atoms with Gasteiger partial charge in [0.2, 0.25) is 0 Å². The van der Waals surface area contributed by atoms with Crippen LogP contribution in [0.15, 0.2) is 54.9 Å². The first-order chi connectivity index (χ1) is 13.7. The Morgan fingerprint density at radius 3 is 3.00 bits per heavy atom. The van der Waals surface area contributed by atoms with Crippen molar-refractivity contribution in [2.24, 2.45) is 5.92 Å². The number of carbonyl (C=O) groups excluding carboxylic acids is 1. The van der Waals surface area contributed by atoms with Gasteiger partial charge in [-0.25, -0.2) is 0 Å². The lowest BCUT2D eigenvalue weighted by molar-refractivity contribution is -0.119. The Balaban J connectivity index is 1.19. The summed E-state index contributed by atoms with van der Waals surface area (Å²) in [5, 5.41) is 1.06. The number of aromatic nitrogens is 2. The molecule has 2 aromatic heterocycles. The van der Waals surface area contributed by atoms with E-state index in [0.717, 1.165) is 36.1 Å². The molecule has 2 aliphatic rings. The molecule has 2 saturated heterocycles. The molecule has 0 saturated carbocycles. The minimum absolute atomic E-state index is 0.0442. The zero-order chi connectivity index (χ0) is 19.0. The predicted octanol–water partition coefficient (Wildman–Crippen LogP) is 3.26. The highest BCUT2D eigenvalue weighted by Crippen LogP contribution is 2.42. The summed E-state index contributed by atoms with van der Waals surface area (Å²) in [6.07, 6.45) is 5.40. The number of aromatic amines is 1. The second kappa shape index (κ2) is 6.95. The topological polar surface area (TPSA) is 67.5 Å². The van der Waals surface area contributed by atoms with E-state index in [2.05, 4.69) is 9.97 Å². The molecule has 1 atom stereocenters. The number of nitrogens with one attached hydrogen (secondary N) is 1. The molecule has 2 aliphatic heterocycles. The lowest BCUT2D eigenvalue weighted by atomic mass is 9.79. The molecule has 3 aromatic rings. The monoisotopic (exact) mass is 377 g/mol. The molecule has 28 heavy (non-hydrogen) atoms. The maximum atomic E-state index is 12.8. The smallest absolute Gasteiger partial charge is 0.270 e. The van der Waals surface area contributed by atoms with E-state index in [4.69, 9.17) is 9.47 Å². The Kier molecular flexibility index (Phi) is 4.28. The molecule has 1 N–H and O–H groups in total. The zero-order valence-electron chi connectivity index (χ0n) is 15.6. The van der Waals surface area contributed by atoms with Crippen LogP contribution in [0.1, 0.15) is 23.3 Å². The number of H-pyrrole nitrogens is 1. The Morgan fingerprint density at radius 1 is 1.29 bits per heavy atom. The molecular weight excluding hydrogens is 354 g/mol. The van der Waals surface area contributed by atoms with Crippen LogP contribution < -0.4 is 4.74 Å². The first kappa shape index (κ1) is 17.3. The summed E-state index contributed by atoms with van der Waals surface area (Å²) >= 11 is 0. The molecule has 6 nitrogen and oxygen atoms in total. The quantitative estimate of drug-likeness (QED) is 0.741. The fourth-order valence-corrected chi connectivity index (χ4v) is 4.40. The van der Waals surface area contributed by atoms with Gasteiger partial charge in [0.05, 0.1) is 25.9 Å². The highest BCUT2D eigenvalue weighted by Gasteiger charge is 2.54. The molecule has 4 heterocycles. The third-order valence-electron chi connectivity index (χ3n) is 5.93. The third-order valence-corrected chi connectivity index (χ3v) is 5.93. The molecule has 1 spiro atoms. The van der Waals surface area contributed by atoms with Gasteiger partial charge in [-0.15, -0.1) is 0 Å². The summed E-state index contributed by atoms with van der Waals surface area (Å²) in [6, 6.07) is 13.7. The van der Waals surface area contributed by atoms with Gasteiger partial charge in [0.25, 0.3) is 5.91 Å². The van der Waals surface area contributed by atoms with Crippen molar-refractivity contribution >= 4 is 16.8 Å². The average Bonchev–Trinajstić information content (AvgIpc) is 3.31. The number of rotatable bonds is 5. The molecule has 1 aromatic carbocycles. The summed E-state index contributed by atoms with van der Waals surface area (Å²) < 4.78 is 11.9. The Bertz CT molecular complexity index is 946. The van der Waals surface area contributed by atoms with E-state index in [9.17, 15) is 4.79 Å². The van der Waals surface area contributed by atoms with E-state index in [-0.39, 0.29) is 11.5 Å². The van der Waals surface area contributed by atoms with Crippen molar-refractivity contribution in [1.29, 1.82) is 0 Å². The van der Waals surface area contributed by atoms with Crippen LogP contribution in [-0.2, 0) is 4.74 Å². The van der Waals surface area contributed by atoms with Gasteiger partial charge in [0, 0.05) is 23.7 Å². The number of hydrogen-bond donors (Lipinski definition) is 1. The van der Waals surface area contributed by atoms with Crippen LogP contribution in [0.25, 0.3) is 10.9 Å². The number of fused-ring (bicyclic) bond motifs is 1. The minimum atomic E-state index is -0.208. The first-order valence-electron chi connectivity index (χ1n) is 9.77. The van der Waals surface area contributed by atoms with Crippen LogP contribution in [0.5, 0.6) is 5.75 Å². The molecule has 0 bridgehead atoms. The van der Waals surface area contributed by atoms with Gasteiger partial charge in [-0.1, -0.05) is 18.2 Å². The molecule has 144 valence electrons. The Morgan fingerprint density at radius 2 is 2.18 bits per heavy atom. The number of carbonyl (C=O) groups is 1. The summed E-state index contributed by atoms with van der Waals surface area (Å²) in [5.74, 6) is 1.25. The van der Waals surface area contributed by atoms with Crippen molar-refractivity contribution in [3.05, 3.63) is 60.6 Å². The van der Waals surface area contributed by atoms with Gasteiger partial charge < -0.3 is 19.4 Å². The van der Waals surface area contributed by atoms with Crippen molar-refractivity contribution in [3.8, 4) is 5.75 Å². The zero-order valence-corrected chi connectivity index (χ0v) is 15.6. The number of hydrogen-bond acceptors (Lipinski definition) is 4. The lowest BCUT2D eigenvalue weighted by Crippen LogP contribution is -2.66. The Hall–Kier alpha value is -2.86. The lowest BCUT2D eigenvalue weighted by Gasteiger charge is -2.50. The number of pyridine rings is 1. The SMILES string of the molecule is O=C(c1cc2ccccc2[nH]1)N1CC2(C1)OCC[C@@H]2CCOc1cccnc1. The number of ether oxygens (including phenoxy) is 2. The van der Waals surface area contributed by atoms with Crippen LogP contribution in [0.2, 0.25) is 0 Å². The van der Waals surface area contributed by atoms with Gasteiger partial charge >= 0.3 is 0 Å². The minimum Gasteiger partial charge on any atom is -0.492 e. The normalized spacial score (nSPS) is 20.4. The maximum absolute atomic E-state index is 12.8. The van der Waals surface area contributed by atoms with Crippen molar-refractivity contribution in [3.63, 3.8) is 0 Å². The molecule has 6 heteroatoms. The average molecular weight is 377 g/mol. The number of likely N-dealkylation sites (tertiary alicyclic amines) is 1. The van der Waals surface area contributed by atoms with Gasteiger partial charge in [0.15, 0.2) is 0 Å². The second-order valence-corrected chi connectivity index (χ2v) is 7.66. The number of amides is 1. The highest BCUT2D eigenvalue weighted by molar-refractivity contribution is 5.98. The molecule has 2 fully saturated rings. The molecule has 5 rings (SSSR count). The van der Waals surface area contributed by atoms with E-state index >= 15 is 0 Å². The Labute approximate surface area is 163 Å². The molecule has 0 aliphatic carbocycles. The van der Waals surface area contributed by atoms with E-state index in [1.807, 2.05) is 47.4 Å². The maximum Gasteiger partial charge on any atom is 0.270 e. The van der Waals surface area contributed by atoms with Crippen LogP contribution >= 0.6 is 0 Å². The van der Waals surface area contributed by atoms with E-state index in [1.165, 1.54) is 0 Å². The van der Waals surface area contributed by atoms with Gasteiger partial charge in [0.1, 0.15) is 17.0 Å². The summed E-state index contributed by atoms with van der Waals surface area (Å²) in [4.78, 5) is 22.0. The largest absolute Gasteiger partial charge is 0.492 e. The van der Waals surface area contributed by atoms with E-state index in [1.54, 1.807) is 12.4 Å². The number of para-hydroxylation sites is 1. The molecule has 0 unspecified atom stereocenters. The third kappa shape index (κ3) is 3.03. The van der Waals surface area contributed by atoms with Crippen molar-refractivity contribution < 1.29 is 14.3 Å². The van der Waals surface area contributed by atoms with Crippen LogP contribution in [0.3, 0.4) is 0 Å². The number of benzene rings is 1. The van der Waals surface area contributed by atoms with Crippen LogP contribution in [0.4, 0.5) is 0 Å². The summed E-state index contributed by atoms with van der Waals surface area (Å²) in [6.45, 7) is 2.70. The van der Waals surface area contributed by atoms with Crippen molar-refractivity contribution in [2.75, 3.05) is 26.3 Å².